The van der Waals surface area contributed by atoms with Crippen molar-refractivity contribution in [3.63, 3.8) is 0 Å². The van der Waals surface area contributed by atoms with E-state index >= 15 is 0 Å². The Bertz CT molecular complexity index is 910. The molecule has 2 N–H and O–H groups in total. The maximum Gasteiger partial charge on any atom is 0.216 e. The molecule has 9 heteroatoms. The van der Waals surface area contributed by atoms with Crippen molar-refractivity contribution in [2.45, 2.75) is 19.3 Å². The number of rotatable bonds is 6. The highest BCUT2D eigenvalue weighted by Crippen LogP contribution is 2.20. The van der Waals surface area contributed by atoms with Gasteiger partial charge in [-0.1, -0.05) is 0 Å². The van der Waals surface area contributed by atoms with E-state index in [1.807, 2.05) is 37.1 Å². The Balaban J connectivity index is 1.25. The number of aryl methyl sites for hydroxylation is 1. The fraction of sp³-hybridized carbons (Fsp3) is 0.474. The highest BCUT2D eigenvalue weighted by Gasteiger charge is 2.25. The monoisotopic (exact) mass is 382 g/mol. The first kappa shape index (κ1) is 18.3. The van der Waals surface area contributed by atoms with E-state index in [1.165, 1.54) is 12.0 Å². The first-order valence-corrected chi connectivity index (χ1v) is 9.59. The first-order valence-electron chi connectivity index (χ1n) is 9.59. The van der Waals surface area contributed by atoms with Crippen LogP contribution in [-0.4, -0.2) is 62.5 Å². The molecule has 1 saturated heterocycles. The molecule has 9 nitrogen and oxygen atoms in total. The summed E-state index contributed by atoms with van der Waals surface area (Å²) >= 11 is 0. The number of aromatic amines is 1. The molecule has 1 aliphatic heterocycles. The first-order chi connectivity index (χ1) is 13.7. The van der Waals surface area contributed by atoms with Crippen molar-refractivity contribution in [2.24, 2.45) is 18.0 Å². The molecule has 0 aromatic carbocycles. The van der Waals surface area contributed by atoms with Gasteiger partial charge in [-0.15, -0.1) is 0 Å². The minimum Gasteiger partial charge on any atom is -0.461 e. The van der Waals surface area contributed by atoms with E-state index in [2.05, 4.69) is 41.7 Å². The average Bonchev–Trinajstić information content (AvgIpc) is 3.47. The largest absolute Gasteiger partial charge is 0.461 e. The molecule has 0 bridgehead atoms. The number of H-pyrrole nitrogens is 1. The molecule has 0 saturated carbocycles. The predicted octanol–water partition coefficient (Wildman–Crippen LogP) is 1.48. The van der Waals surface area contributed by atoms with Gasteiger partial charge in [0.1, 0.15) is 5.82 Å². The van der Waals surface area contributed by atoms with Gasteiger partial charge < -0.3 is 14.6 Å². The van der Waals surface area contributed by atoms with Crippen molar-refractivity contribution < 1.29 is 4.42 Å². The van der Waals surface area contributed by atoms with Crippen LogP contribution in [0.3, 0.4) is 0 Å². The van der Waals surface area contributed by atoms with Crippen molar-refractivity contribution in [2.75, 3.05) is 26.7 Å². The summed E-state index contributed by atoms with van der Waals surface area (Å²) in [7, 11) is 3.79. The second-order valence-corrected chi connectivity index (χ2v) is 7.13. The molecule has 4 rings (SSSR count). The smallest absolute Gasteiger partial charge is 0.216 e. The minimum atomic E-state index is 0.585. The number of hydrogen-bond donors (Lipinski definition) is 2. The third kappa shape index (κ3) is 4.24. The SMILES string of the molecule is CN=C(NCCc1nc(-c2ccco2)n[nH]1)N1CCC(Cc2cnn(C)c2)C1. The molecule has 148 valence electrons. The van der Waals surface area contributed by atoms with E-state index in [0.29, 0.717) is 17.5 Å². The summed E-state index contributed by atoms with van der Waals surface area (Å²) in [5.41, 5.74) is 1.30. The molecule has 1 atom stereocenters. The number of guanidine groups is 1. The zero-order valence-corrected chi connectivity index (χ0v) is 16.3. The lowest BCUT2D eigenvalue weighted by Crippen LogP contribution is -2.41. The van der Waals surface area contributed by atoms with Gasteiger partial charge in [0, 0.05) is 46.3 Å². The normalized spacial score (nSPS) is 17.4. The fourth-order valence-corrected chi connectivity index (χ4v) is 3.65. The van der Waals surface area contributed by atoms with Crippen LogP contribution >= 0.6 is 0 Å². The third-order valence-corrected chi connectivity index (χ3v) is 5.00. The van der Waals surface area contributed by atoms with Crippen LogP contribution < -0.4 is 5.32 Å². The van der Waals surface area contributed by atoms with Gasteiger partial charge in [0.25, 0.3) is 0 Å². The molecule has 0 amide bonds. The molecule has 4 heterocycles. The van der Waals surface area contributed by atoms with Gasteiger partial charge in [0.15, 0.2) is 11.7 Å². The molecule has 28 heavy (non-hydrogen) atoms. The van der Waals surface area contributed by atoms with Crippen molar-refractivity contribution >= 4 is 5.96 Å². The second-order valence-electron chi connectivity index (χ2n) is 7.13. The Morgan fingerprint density at radius 3 is 3.14 bits per heavy atom. The molecule has 1 unspecified atom stereocenters. The van der Waals surface area contributed by atoms with Crippen LogP contribution in [0, 0.1) is 5.92 Å². The van der Waals surface area contributed by atoms with Crippen molar-refractivity contribution in [3.05, 3.63) is 42.2 Å². The summed E-state index contributed by atoms with van der Waals surface area (Å²) in [4.78, 5) is 11.2. The number of aliphatic imine (C=N–C) groups is 1. The topological polar surface area (TPSA) is 100 Å². The van der Waals surface area contributed by atoms with Gasteiger partial charge in [-0.3, -0.25) is 14.8 Å². The van der Waals surface area contributed by atoms with Crippen LogP contribution in [0.2, 0.25) is 0 Å². The second kappa shape index (κ2) is 8.28. The molecule has 0 radical (unpaired) electrons. The van der Waals surface area contributed by atoms with Gasteiger partial charge in [0.05, 0.1) is 12.5 Å². The molecular weight excluding hydrogens is 356 g/mol. The summed E-state index contributed by atoms with van der Waals surface area (Å²) in [6.07, 6.45) is 8.65. The van der Waals surface area contributed by atoms with Gasteiger partial charge in [-0.05, 0) is 36.5 Å². The van der Waals surface area contributed by atoms with Gasteiger partial charge in [-0.25, -0.2) is 4.98 Å². The summed E-state index contributed by atoms with van der Waals surface area (Å²) in [6.45, 7) is 2.78. The maximum atomic E-state index is 5.32. The lowest BCUT2D eigenvalue weighted by molar-refractivity contribution is 0.460. The van der Waals surface area contributed by atoms with Gasteiger partial charge in [0.2, 0.25) is 5.82 Å². The number of furan rings is 1. The summed E-state index contributed by atoms with van der Waals surface area (Å²) in [5, 5.41) is 14.9. The van der Waals surface area contributed by atoms with E-state index in [1.54, 1.807) is 6.26 Å². The average molecular weight is 382 g/mol. The van der Waals surface area contributed by atoms with Crippen LogP contribution in [0.5, 0.6) is 0 Å². The van der Waals surface area contributed by atoms with Crippen LogP contribution in [-0.2, 0) is 19.9 Å². The lowest BCUT2D eigenvalue weighted by atomic mass is 10.0. The van der Waals surface area contributed by atoms with Crippen LogP contribution in [0.25, 0.3) is 11.6 Å². The van der Waals surface area contributed by atoms with E-state index in [0.717, 1.165) is 44.3 Å². The molecule has 3 aromatic rings. The molecule has 3 aromatic heterocycles. The van der Waals surface area contributed by atoms with Gasteiger partial charge in [-0.2, -0.15) is 10.2 Å². The summed E-state index contributed by atoms with van der Waals surface area (Å²) in [5.74, 6) is 3.66. The molecule has 0 aliphatic carbocycles. The number of hydrogen-bond acceptors (Lipinski definition) is 5. The van der Waals surface area contributed by atoms with Gasteiger partial charge >= 0.3 is 0 Å². The predicted molar refractivity (Wildman–Crippen MR) is 106 cm³/mol. The fourth-order valence-electron chi connectivity index (χ4n) is 3.65. The molecule has 1 fully saturated rings. The van der Waals surface area contributed by atoms with Crippen LogP contribution in [0.4, 0.5) is 0 Å². The highest BCUT2D eigenvalue weighted by atomic mass is 16.3. The minimum absolute atomic E-state index is 0.585. The van der Waals surface area contributed by atoms with E-state index < -0.39 is 0 Å². The Kier molecular flexibility index (Phi) is 5.41. The van der Waals surface area contributed by atoms with Crippen LogP contribution in [0.1, 0.15) is 17.8 Å². The third-order valence-electron chi connectivity index (χ3n) is 5.00. The number of nitrogens with zero attached hydrogens (tertiary/aromatic N) is 6. The number of aromatic nitrogens is 5. The molecular formula is C19H26N8O. The maximum absolute atomic E-state index is 5.32. The number of likely N-dealkylation sites (tertiary alicyclic amines) is 1. The zero-order valence-electron chi connectivity index (χ0n) is 16.3. The Hall–Kier alpha value is -3.10. The van der Waals surface area contributed by atoms with Crippen molar-refractivity contribution in [3.8, 4) is 11.6 Å². The standard InChI is InChI=1S/C19H26N8O/c1-20-19(27-8-6-14(13-27)10-15-11-22-26(2)12-15)21-7-5-17-23-18(25-24-17)16-4-3-9-28-16/h3-4,9,11-12,14H,5-8,10,13H2,1-2H3,(H,20,21)(H,23,24,25). The van der Waals surface area contributed by atoms with Crippen molar-refractivity contribution in [1.29, 1.82) is 0 Å². The Morgan fingerprint density at radius 1 is 1.46 bits per heavy atom. The van der Waals surface area contributed by atoms with E-state index in [4.69, 9.17) is 4.42 Å². The van der Waals surface area contributed by atoms with E-state index in [9.17, 15) is 0 Å². The summed E-state index contributed by atoms with van der Waals surface area (Å²) < 4.78 is 7.19. The summed E-state index contributed by atoms with van der Waals surface area (Å²) in [6, 6.07) is 3.68. The lowest BCUT2D eigenvalue weighted by Gasteiger charge is -2.21. The zero-order chi connectivity index (χ0) is 19.3. The van der Waals surface area contributed by atoms with E-state index in [-0.39, 0.29) is 0 Å². The van der Waals surface area contributed by atoms with Crippen LogP contribution in [0.15, 0.2) is 40.2 Å². The Morgan fingerprint density at radius 2 is 2.39 bits per heavy atom. The molecule has 0 spiro atoms. The quantitative estimate of drug-likeness (QED) is 0.495. The Labute approximate surface area is 163 Å². The van der Waals surface area contributed by atoms with Crippen molar-refractivity contribution in [1.82, 2.24) is 35.2 Å². The molecule has 1 aliphatic rings. The highest BCUT2D eigenvalue weighted by molar-refractivity contribution is 5.80. The number of nitrogens with one attached hydrogen (secondary N) is 2.